The van der Waals surface area contributed by atoms with Gasteiger partial charge in [0.1, 0.15) is 0 Å². The van der Waals surface area contributed by atoms with Gasteiger partial charge in [0, 0.05) is 18.3 Å². The summed E-state index contributed by atoms with van der Waals surface area (Å²) >= 11 is 0. The van der Waals surface area contributed by atoms with Crippen molar-refractivity contribution in [3.05, 3.63) is 41.0 Å². The highest BCUT2D eigenvalue weighted by Gasteiger charge is 2.17. The fourth-order valence-electron chi connectivity index (χ4n) is 2.00. The molecule has 0 saturated carbocycles. The summed E-state index contributed by atoms with van der Waals surface area (Å²) in [5.74, 6) is 0.0671. The predicted octanol–water partition coefficient (Wildman–Crippen LogP) is 2.96. The number of amides is 1. The van der Waals surface area contributed by atoms with Crippen LogP contribution in [0.3, 0.4) is 0 Å². The third kappa shape index (κ3) is 2.50. The van der Waals surface area contributed by atoms with E-state index in [9.17, 15) is 4.79 Å². The molecule has 0 fully saturated rings. The molecule has 0 aliphatic carbocycles. The van der Waals surface area contributed by atoms with E-state index in [1.807, 2.05) is 12.1 Å². The quantitative estimate of drug-likeness (QED) is 0.813. The van der Waals surface area contributed by atoms with Gasteiger partial charge in [0.05, 0.1) is 12.1 Å². The van der Waals surface area contributed by atoms with Gasteiger partial charge in [0.15, 0.2) is 0 Å². The number of allylic oxidation sites excluding steroid dienone is 2. The van der Waals surface area contributed by atoms with E-state index in [4.69, 9.17) is 0 Å². The average molecular weight is 242 g/mol. The molecular weight excluding hydrogens is 224 g/mol. The summed E-state index contributed by atoms with van der Waals surface area (Å²) < 4.78 is 0. The second-order valence-electron chi connectivity index (χ2n) is 4.55. The summed E-state index contributed by atoms with van der Waals surface area (Å²) in [6.07, 6.45) is 3.59. The van der Waals surface area contributed by atoms with Gasteiger partial charge in [-0.3, -0.25) is 9.79 Å². The molecule has 1 N–H and O–H groups in total. The monoisotopic (exact) mass is 242 g/mol. The van der Waals surface area contributed by atoms with Gasteiger partial charge in [-0.05, 0) is 37.1 Å². The summed E-state index contributed by atoms with van der Waals surface area (Å²) in [7, 11) is 1.80. The van der Waals surface area contributed by atoms with Crippen LogP contribution in [0, 0.1) is 0 Å². The number of nitrogens with zero attached hydrogens (tertiary/aromatic N) is 1. The Morgan fingerprint density at radius 1 is 1.50 bits per heavy atom. The van der Waals surface area contributed by atoms with Crippen LogP contribution in [0.4, 0.5) is 5.69 Å². The van der Waals surface area contributed by atoms with Crippen molar-refractivity contribution in [3.63, 3.8) is 0 Å². The zero-order valence-corrected chi connectivity index (χ0v) is 11.1. The molecule has 1 aliphatic heterocycles. The largest absolute Gasteiger partial charge is 0.326 e. The molecule has 0 aromatic heterocycles. The first-order valence-corrected chi connectivity index (χ1v) is 6.21. The predicted molar refractivity (Wildman–Crippen MR) is 75.3 cm³/mol. The van der Waals surface area contributed by atoms with Crippen molar-refractivity contribution in [3.8, 4) is 0 Å². The molecule has 0 bridgehead atoms. The fourth-order valence-corrected chi connectivity index (χ4v) is 2.00. The highest BCUT2D eigenvalue weighted by molar-refractivity contribution is 6.10. The number of carbonyl (C=O) groups is 1. The number of aliphatic imine (C=N–C) groups is 1. The third-order valence-corrected chi connectivity index (χ3v) is 3.21. The Hall–Kier alpha value is -1.90. The molecule has 0 radical (unpaired) electrons. The number of hydrogen-bond donors (Lipinski definition) is 1. The van der Waals surface area contributed by atoms with E-state index in [-0.39, 0.29) is 5.91 Å². The van der Waals surface area contributed by atoms with Crippen LogP contribution in [0.15, 0.2) is 34.8 Å². The van der Waals surface area contributed by atoms with Crippen LogP contribution < -0.4 is 5.32 Å². The minimum Gasteiger partial charge on any atom is -0.326 e. The van der Waals surface area contributed by atoms with E-state index >= 15 is 0 Å². The topological polar surface area (TPSA) is 41.5 Å². The minimum absolute atomic E-state index is 0.0671. The van der Waals surface area contributed by atoms with Crippen LogP contribution in [0.2, 0.25) is 0 Å². The smallest absolute Gasteiger partial charge is 0.228 e. The van der Waals surface area contributed by atoms with Crippen LogP contribution in [0.5, 0.6) is 0 Å². The Kier molecular flexibility index (Phi) is 3.60. The van der Waals surface area contributed by atoms with Gasteiger partial charge < -0.3 is 5.32 Å². The van der Waals surface area contributed by atoms with E-state index in [1.54, 1.807) is 7.05 Å². The van der Waals surface area contributed by atoms with E-state index in [2.05, 4.69) is 36.3 Å². The van der Waals surface area contributed by atoms with Gasteiger partial charge in [0.2, 0.25) is 5.91 Å². The van der Waals surface area contributed by atoms with E-state index in [1.165, 1.54) is 5.57 Å². The standard InChI is InChI=1S/C15H18N2O/c1-4-10(2)7-14(16-3)11-5-6-13-12(8-11)9-15(18)17-13/h5-8H,4,9H2,1-3H3,(H,17,18)/b10-7-,16-14?. The second-order valence-corrected chi connectivity index (χ2v) is 4.55. The molecule has 0 atom stereocenters. The van der Waals surface area contributed by atoms with E-state index in [0.717, 1.165) is 28.9 Å². The lowest BCUT2D eigenvalue weighted by Gasteiger charge is -2.05. The minimum atomic E-state index is 0.0671. The normalized spacial score (nSPS) is 15.6. The maximum Gasteiger partial charge on any atom is 0.228 e. The summed E-state index contributed by atoms with van der Waals surface area (Å²) in [4.78, 5) is 15.6. The maximum atomic E-state index is 11.3. The first-order chi connectivity index (χ1) is 8.63. The van der Waals surface area contributed by atoms with Crippen LogP contribution >= 0.6 is 0 Å². The zero-order chi connectivity index (χ0) is 13.1. The molecule has 94 valence electrons. The first-order valence-electron chi connectivity index (χ1n) is 6.21. The Morgan fingerprint density at radius 3 is 2.94 bits per heavy atom. The van der Waals surface area contributed by atoms with Crippen molar-refractivity contribution in [1.29, 1.82) is 0 Å². The highest BCUT2D eigenvalue weighted by atomic mass is 16.1. The molecule has 0 unspecified atom stereocenters. The van der Waals surface area contributed by atoms with Gasteiger partial charge in [-0.25, -0.2) is 0 Å². The van der Waals surface area contributed by atoms with Crippen molar-refractivity contribution in [2.45, 2.75) is 26.7 Å². The Bertz CT molecular complexity index is 541. The first kappa shape index (κ1) is 12.6. The number of rotatable bonds is 3. The molecule has 0 spiro atoms. The van der Waals surface area contributed by atoms with E-state index in [0.29, 0.717) is 6.42 Å². The van der Waals surface area contributed by atoms with Gasteiger partial charge in [-0.1, -0.05) is 18.6 Å². The van der Waals surface area contributed by atoms with Crippen LogP contribution in [-0.2, 0) is 11.2 Å². The van der Waals surface area contributed by atoms with Gasteiger partial charge in [-0.15, -0.1) is 0 Å². The van der Waals surface area contributed by atoms with Crippen molar-refractivity contribution in [2.24, 2.45) is 4.99 Å². The lowest BCUT2D eigenvalue weighted by molar-refractivity contribution is -0.115. The molecule has 2 rings (SSSR count). The molecule has 18 heavy (non-hydrogen) atoms. The molecule has 0 saturated heterocycles. The number of carbonyl (C=O) groups excluding carboxylic acids is 1. The van der Waals surface area contributed by atoms with Crippen LogP contribution in [-0.4, -0.2) is 18.7 Å². The Labute approximate surface area is 108 Å². The molecule has 1 aromatic carbocycles. The molecular formula is C15H18N2O. The van der Waals surface area contributed by atoms with E-state index < -0.39 is 0 Å². The average Bonchev–Trinajstić information content (AvgIpc) is 2.74. The number of anilines is 1. The zero-order valence-electron chi connectivity index (χ0n) is 11.1. The highest BCUT2D eigenvalue weighted by Crippen LogP contribution is 2.24. The number of benzene rings is 1. The maximum absolute atomic E-state index is 11.3. The van der Waals surface area contributed by atoms with Gasteiger partial charge in [-0.2, -0.15) is 0 Å². The number of fused-ring (bicyclic) bond motifs is 1. The van der Waals surface area contributed by atoms with Crippen LogP contribution in [0.25, 0.3) is 0 Å². The molecule has 3 nitrogen and oxygen atoms in total. The summed E-state index contributed by atoms with van der Waals surface area (Å²) in [6.45, 7) is 4.23. The fraction of sp³-hybridized carbons (Fsp3) is 0.333. The second kappa shape index (κ2) is 5.17. The summed E-state index contributed by atoms with van der Waals surface area (Å²) in [6, 6.07) is 6.01. The molecule has 1 heterocycles. The SMILES string of the molecule is CC/C(C)=C\C(=NC)c1ccc2c(c1)CC(=O)N2. The third-order valence-electron chi connectivity index (χ3n) is 3.21. The van der Waals surface area contributed by atoms with Crippen molar-refractivity contribution < 1.29 is 4.79 Å². The molecule has 1 aromatic rings. The van der Waals surface area contributed by atoms with Gasteiger partial charge >= 0.3 is 0 Å². The summed E-state index contributed by atoms with van der Waals surface area (Å²) in [5.41, 5.74) is 5.32. The lowest BCUT2D eigenvalue weighted by Crippen LogP contribution is -2.03. The Balaban J connectivity index is 2.35. The Morgan fingerprint density at radius 2 is 2.28 bits per heavy atom. The molecule has 1 aliphatic rings. The van der Waals surface area contributed by atoms with Crippen molar-refractivity contribution in [1.82, 2.24) is 0 Å². The molecule has 3 heteroatoms. The molecule has 1 amide bonds. The number of nitrogens with one attached hydrogen (secondary N) is 1. The van der Waals surface area contributed by atoms with Gasteiger partial charge in [0.25, 0.3) is 0 Å². The van der Waals surface area contributed by atoms with Crippen molar-refractivity contribution in [2.75, 3.05) is 12.4 Å². The van der Waals surface area contributed by atoms with Crippen molar-refractivity contribution >= 4 is 17.3 Å². The lowest BCUT2D eigenvalue weighted by atomic mass is 10.0. The van der Waals surface area contributed by atoms with Crippen LogP contribution in [0.1, 0.15) is 31.4 Å². The number of hydrogen-bond acceptors (Lipinski definition) is 2. The summed E-state index contributed by atoms with van der Waals surface area (Å²) in [5, 5.41) is 2.84.